The molecule has 1 aromatic heterocycles. The zero-order valence-electron chi connectivity index (χ0n) is 15.0. The number of nitrogens with zero attached hydrogens (tertiary/aromatic N) is 2. The quantitative estimate of drug-likeness (QED) is 0.758. The molecule has 0 aliphatic rings. The maximum atomic E-state index is 13.5. The van der Waals surface area contributed by atoms with E-state index in [-0.39, 0.29) is 6.54 Å². The van der Waals surface area contributed by atoms with Crippen LogP contribution in [0.4, 0.5) is 13.2 Å². The maximum Gasteiger partial charge on any atom is 0.425 e. The highest BCUT2D eigenvalue weighted by Crippen LogP contribution is 2.40. The van der Waals surface area contributed by atoms with Crippen LogP contribution in [0, 0.1) is 0 Å². The lowest BCUT2D eigenvalue weighted by Gasteiger charge is -2.29. The molecule has 0 aliphatic carbocycles. The van der Waals surface area contributed by atoms with Crippen LogP contribution in [0.2, 0.25) is 0 Å². The fourth-order valence-corrected chi connectivity index (χ4v) is 2.65. The lowest BCUT2D eigenvalue weighted by Crippen LogP contribution is -2.47. The number of benzene rings is 1. The number of ether oxygens (including phenoxy) is 2. The number of alkyl halides is 3. The predicted octanol–water partition coefficient (Wildman–Crippen LogP) is 1.89. The molecule has 2 N–H and O–H groups in total. The first-order chi connectivity index (χ1) is 12.6. The summed E-state index contributed by atoms with van der Waals surface area (Å²) in [5.41, 5.74) is -2.90. The van der Waals surface area contributed by atoms with Crippen LogP contribution in [0.3, 0.4) is 0 Å². The molecule has 1 unspecified atom stereocenters. The fourth-order valence-electron chi connectivity index (χ4n) is 2.65. The smallest absolute Gasteiger partial charge is 0.425 e. The van der Waals surface area contributed by atoms with Gasteiger partial charge in [-0.3, -0.25) is 4.79 Å². The third kappa shape index (κ3) is 4.16. The van der Waals surface area contributed by atoms with Crippen molar-refractivity contribution < 1.29 is 32.5 Å². The average molecular weight is 387 g/mol. The van der Waals surface area contributed by atoms with Crippen LogP contribution in [0.15, 0.2) is 30.6 Å². The molecule has 27 heavy (non-hydrogen) atoms. The maximum absolute atomic E-state index is 13.5. The lowest BCUT2D eigenvalue weighted by atomic mass is 9.97. The van der Waals surface area contributed by atoms with E-state index >= 15 is 0 Å². The first kappa shape index (κ1) is 20.6. The number of aryl methyl sites for hydroxylation is 1. The van der Waals surface area contributed by atoms with Crippen molar-refractivity contribution in [2.24, 2.45) is 7.05 Å². The van der Waals surface area contributed by atoms with Gasteiger partial charge in [0.05, 0.1) is 20.6 Å². The molecular weight excluding hydrogens is 367 g/mol. The molecule has 0 saturated carbocycles. The molecule has 1 atom stereocenters. The number of halogens is 3. The Balaban J connectivity index is 2.18. The van der Waals surface area contributed by atoms with Gasteiger partial charge in [-0.15, -0.1) is 0 Å². The summed E-state index contributed by atoms with van der Waals surface area (Å²) in [5, 5.41) is 12.6. The molecule has 2 rings (SSSR count). The van der Waals surface area contributed by atoms with Crippen LogP contribution >= 0.6 is 0 Å². The van der Waals surface area contributed by atoms with E-state index in [0.717, 1.165) is 10.8 Å². The van der Waals surface area contributed by atoms with Gasteiger partial charge in [0.25, 0.3) is 0 Å². The summed E-state index contributed by atoms with van der Waals surface area (Å²) >= 11 is 0. The minimum absolute atomic E-state index is 0.103. The first-order valence-electron chi connectivity index (χ1n) is 7.87. The van der Waals surface area contributed by atoms with E-state index in [9.17, 15) is 23.1 Å². The average Bonchev–Trinajstić information content (AvgIpc) is 3.04. The topological polar surface area (TPSA) is 85.6 Å². The number of para-hydroxylation sites is 1. The highest BCUT2D eigenvalue weighted by molar-refractivity contribution is 5.77. The van der Waals surface area contributed by atoms with Gasteiger partial charge in [0.2, 0.25) is 11.5 Å². The van der Waals surface area contributed by atoms with Gasteiger partial charge in [0, 0.05) is 31.5 Å². The summed E-state index contributed by atoms with van der Waals surface area (Å²) in [6, 6.07) is 4.94. The number of rotatable bonds is 7. The molecule has 0 aliphatic heterocycles. The summed E-state index contributed by atoms with van der Waals surface area (Å²) in [7, 11) is 4.15. The largest absolute Gasteiger partial charge is 0.493 e. The molecule has 0 spiro atoms. The van der Waals surface area contributed by atoms with E-state index in [1.165, 1.54) is 27.5 Å². The van der Waals surface area contributed by atoms with Crippen molar-refractivity contribution in [3.05, 3.63) is 42.0 Å². The highest BCUT2D eigenvalue weighted by atomic mass is 19.4. The molecule has 0 saturated heterocycles. The van der Waals surface area contributed by atoms with Crippen LogP contribution < -0.4 is 14.8 Å². The van der Waals surface area contributed by atoms with Gasteiger partial charge in [0.1, 0.15) is 0 Å². The van der Waals surface area contributed by atoms with E-state index in [2.05, 4.69) is 10.3 Å². The SMILES string of the molecule is COc1cccc(CNC(=O)CC(O)(c2nccn2C)C(F)(F)F)c1OC. The number of aromatic nitrogens is 2. The number of methoxy groups -OCH3 is 2. The fraction of sp³-hybridized carbons (Fsp3) is 0.412. The van der Waals surface area contributed by atoms with Crippen LogP contribution in [-0.2, 0) is 24.0 Å². The molecule has 0 fully saturated rings. The van der Waals surface area contributed by atoms with Gasteiger partial charge in [-0.1, -0.05) is 12.1 Å². The van der Waals surface area contributed by atoms with Gasteiger partial charge in [-0.05, 0) is 6.07 Å². The van der Waals surface area contributed by atoms with E-state index in [4.69, 9.17) is 9.47 Å². The second-order valence-electron chi connectivity index (χ2n) is 5.83. The first-order valence-corrected chi connectivity index (χ1v) is 7.87. The van der Waals surface area contributed by atoms with Crippen molar-refractivity contribution in [2.45, 2.75) is 24.7 Å². The molecule has 7 nitrogen and oxygen atoms in total. The molecule has 0 radical (unpaired) electrons. The lowest BCUT2D eigenvalue weighted by molar-refractivity contribution is -0.271. The molecule has 10 heteroatoms. The van der Waals surface area contributed by atoms with Crippen LogP contribution in [0.25, 0.3) is 0 Å². The van der Waals surface area contributed by atoms with E-state index in [1.807, 2.05) is 0 Å². The number of imidazole rings is 1. The van der Waals surface area contributed by atoms with E-state index < -0.39 is 29.9 Å². The molecule has 0 bridgehead atoms. The molecule has 1 amide bonds. The third-order valence-electron chi connectivity index (χ3n) is 4.04. The Kier molecular flexibility index (Phi) is 5.99. The zero-order valence-corrected chi connectivity index (χ0v) is 15.0. The van der Waals surface area contributed by atoms with E-state index in [1.54, 1.807) is 18.2 Å². The summed E-state index contributed by atoms with van der Waals surface area (Å²) in [5.74, 6) is -0.883. The van der Waals surface area contributed by atoms with Crippen molar-refractivity contribution in [3.8, 4) is 11.5 Å². The molecule has 1 heterocycles. The zero-order chi connectivity index (χ0) is 20.2. The third-order valence-corrected chi connectivity index (χ3v) is 4.04. The van der Waals surface area contributed by atoms with Gasteiger partial charge in [-0.25, -0.2) is 4.98 Å². The monoisotopic (exact) mass is 387 g/mol. The number of nitrogens with one attached hydrogen (secondary N) is 1. The summed E-state index contributed by atoms with van der Waals surface area (Å²) < 4.78 is 51.8. The van der Waals surface area contributed by atoms with Gasteiger partial charge >= 0.3 is 6.18 Å². The number of hydrogen-bond donors (Lipinski definition) is 2. The Morgan fingerprint density at radius 2 is 2.00 bits per heavy atom. The van der Waals surface area contributed by atoms with Crippen molar-refractivity contribution in [1.82, 2.24) is 14.9 Å². The molecule has 1 aromatic carbocycles. The Morgan fingerprint density at radius 3 is 2.52 bits per heavy atom. The predicted molar refractivity (Wildman–Crippen MR) is 89.2 cm³/mol. The molecular formula is C17H20F3N3O4. The second-order valence-corrected chi connectivity index (χ2v) is 5.83. The summed E-state index contributed by atoms with van der Waals surface area (Å²) in [6.45, 7) is -0.103. The van der Waals surface area contributed by atoms with Crippen LogP contribution in [-0.4, -0.2) is 41.0 Å². The van der Waals surface area contributed by atoms with Gasteiger partial charge < -0.3 is 24.5 Å². The minimum atomic E-state index is -5.09. The van der Waals surface area contributed by atoms with Crippen molar-refractivity contribution in [1.29, 1.82) is 0 Å². The number of carbonyl (C=O) groups excluding carboxylic acids is 1. The Morgan fingerprint density at radius 1 is 1.30 bits per heavy atom. The van der Waals surface area contributed by atoms with Gasteiger partial charge in [-0.2, -0.15) is 13.2 Å². The second kappa shape index (κ2) is 7.87. The van der Waals surface area contributed by atoms with Crippen LogP contribution in [0.5, 0.6) is 11.5 Å². The van der Waals surface area contributed by atoms with Crippen molar-refractivity contribution >= 4 is 5.91 Å². The number of carbonyl (C=O) groups is 1. The standard InChI is InChI=1S/C17H20F3N3O4/c1-23-8-7-21-15(23)16(25,17(18,19)20)9-13(24)22-10-11-5-4-6-12(26-2)14(11)27-3/h4-8,25H,9-10H2,1-3H3,(H,22,24). The van der Waals surface area contributed by atoms with Crippen molar-refractivity contribution in [3.63, 3.8) is 0 Å². The summed E-state index contributed by atoms with van der Waals surface area (Å²) in [4.78, 5) is 15.7. The molecule has 2 aromatic rings. The minimum Gasteiger partial charge on any atom is -0.493 e. The molecule has 148 valence electrons. The number of amides is 1. The van der Waals surface area contributed by atoms with Crippen molar-refractivity contribution in [2.75, 3.05) is 14.2 Å². The summed E-state index contributed by atoms with van der Waals surface area (Å²) in [6.07, 6.45) is -3.94. The normalized spacial score (nSPS) is 13.7. The Bertz CT molecular complexity index is 807. The number of hydrogen-bond acceptors (Lipinski definition) is 5. The highest BCUT2D eigenvalue weighted by Gasteiger charge is 2.58. The Hall–Kier alpha value is -2.75. The Labute approximate surface area is 153 Å². The van der Waals surface area contributed by atoms with Gasteiger partial charge in [0.15, 0.2) is 17.3 Å². The van der Waals surface area contributed by atoms with E-state index in [0.29, 0.717) is 17.1 Å². The van der Waals surface area contributed by atoms with Crippen LogP contribution in [0.1, 0.15) is 17.8 Å². The number of aliphatic hydroxyl groups is 1.